The molecule has 35 heavy (non-hydrogen) atoms. The number of benzene rings is 1. The van der Waals surface area contributed by atoms with Gasteiger partial charge in [-0.3, -0.25) is 0 Å². The molecule has 2 heterocycles. The number of carbonyl (C=O) groups excluding carboxylic acids is 1. The molecular formula is C23H30O12. The lowest BCUT2D eigenvalue weighted by atomic mass is 9.84. The molecule has 10 atom stereocenters. The maximum Gasteiger partial charge on any atom is 0.338 e. The number of methoxy groups -OCH3 is 1. The first-order valence-corrected chi connectivity index (χ1v) is 11.2. The van der Waals surface area contributed by atoms with Crippen molar-refractivity contribution in [1.82, 2.24) is 0 Å². The van der Waals surface area contributed by atoms with E-state index in [1.165, 1.54) is 31.4 Å². The van der Waals surface area contributed by atoms with E-state index in [-0.39, 0.29) is 17.9 Å². The van der Waals surface area contributed by atoms with Gasteiger partial charge in [-0.25, -0.2) is 4.79 Å². The molecule has 0 aromatic heterocycles. The van der Waals surface area contributed by atoms with Crippen LogP contribution in [0.2, 0.25) is 0 Å². The van der Waals surface area contributed by atoms with E-state index in [1.54, 1.807) is 6.08 Å². The van der Waals surface area contributed by atoms with Crippen molar-refractivity contribution in [2.75, 3.05) is 20.3 Å². The summed E-state index contributed by atoms with van der Waals surface area (Å²) in [5, 5.41) is 60.0. The Hall–Kier alpha value is -2.13. The molecule has 1 aromatic rings. The highest BCUT2D eigenvalue weighted by Crippen LogP contribution is 2.44. The Balaban J connectivity index is 1.49. The van der Waals surface area contributed by atoms with Crippen molar-refractivity contribution in [1.29, 1.82) is 0 Å². The minimum absolute atomic E-state index is 0.00579. The lowest BCUT2D eigenvalue weighted by molar-refractivity contribution is -0.372. The van der Waals surface area contributed by atoms with Gasteiger partial charge < -0.3 is 54.3 Å². The molecule has 0 radical (unpaired) electrons. The lowest BCUT2D eigenvalue weighted by Crippen LogP contribution is -2.60. The zero-order valence-corrected chi connectivity index (χ0v) is 18.9. The molecule has 0 amide bonds. The van der Waals surface area contributed by atoms with Crippen molar-refractivity contribution in [3.63, 3.8) is 0 Å². The van der Waals surface area contributed by atoms with Crippen molar-refractivity contribution in [3.8, 4) is 5.75 Å². The van der Waals surface area contributed by atoms with Crippen LogP contribution in [0.1, 0.15) is 16.8 Å². The SMILES string of the molecule is CO[C@H]1C[C@@H]2[C@@H](C(COC(=O)c3ccc(O)cc3)=C[C@H]2O)[C@H](O[C@@H]2O[C@@H](CO)[C@@H](O)[C@H](O)[C@H]2O)O1. The van der Waals surface area contributed by atoms with E-state index in [0.717, 1.165) is 0 Å². The summed E-state index contributed by atoms with van der Waals surface area (Å²) < 4.78 is 27.8. The molecule has 0 unspecified atom stereocenters. The molecule has 6 N–H and O–H groups in total. The van der Waals surface area contributed by atoms with Crippen LogP contribution >= 0.6 is 0 Å². The van der Waals surface area contributed by atoms with Crippen molar-refractivity contribution in [2.24, 2.45) is 11.8 Å². The molecular weight excluding hydrogens is 468 g/mol. The number of hydrogen-bond acceptors (Lipinski definition) is 12. The van der Waals surface area contributed by atoms with Crippen molar-refractivity contribution >= 4 is 5.97 Å². The summed E-state index contributed by atoms with van der Waals surface area (Å²) in [5.74, 6) is -1.67. The summed E-state index contributed by atoms with van der Waals surface area (Å²) in [5.41, 5.74) is 0.741. The molecule has 12 nitrogen and oxygen atoms in total. The standard InChI is InChI=1S/C23H30O12/c1-31-16-7-13-14(26)6-11(9-32-21(30)10-2-4-12(25)5-3-10)17(13)22(34-16)35-23-20(29)19(28)18(27)15(8-24)33-23/h2-6,13-20,22-29H,7-9H2,1H3/t13-,14+,15-,16+,17+,18+,19-,20+,22-,23-/m0/s1. The minimum Gasteiger partial charge on any atom is -0.508 e. The molecule has 0 saturated carbocycles. The molecule has 1 aliphatic carbocycles. The van der Waals surface area contributed by atoms with Gasteiger partial charge >= 0.3 is 5.97 Å². The fraction of sp³-hybridized carbons (Fsp3) is 0.609. The largest absolute Gasteiger partial charge is 0.508 e. The van der Waals surface area contributed by atoms with Crippen molar-refractivity contribution < 1.29 is 59.1 Å². The average molecular weight is 498 g/mol. The van der Waals surface area contributed by atoms with Gasteiger partial charge in [0.15, 0.2) is 18.9 Å². The number of phenols is 1. The zero-order chi connectivity index (χ0) is 25.3. The summed E-state index contributed by atoms with van der Waals surface area (Å²) in [6.07, 6.45) is -8.44. The normalized spacial score (nSPS) is 39.1. The van der Waals surface area contributed by atoms with Crippen LogP contribution in [0, 0.1) is 11.8 Å². The fourth-order valence-electron chi connectivity index (χ4n) is 4.67. The predicted molar refractivity (Wildman–Crippen MR) is 115 cm³/mol. The number of phenolic OH excluding ortho intramolecular Hbond substituents is 1. The topological polar surface area (TPSA) is 185 Å². The van der Waals surface area contributed by atoms with Gasteiger partial charge in [-0.1, -0.05) is 6.08 Å². The van der Waals surface area contributed by atoms with Crippen LogP contribution in [-0.4, -0.2) is 106 Å². The number of rotatable bonds is 7. The van der Waals surface area contributed by atoms with Crippen LogP contribution in [-0.2, 0) is 23.7 Å². The molecule has 2 saturated heterocycles. The Morgan fingerprint density at radius 1 is 1.03 bits per heavy atom. The monoisotopic (exact) mass is 498 g/mol. The number of hydrogen-bond donors (Lipinski definition) is 6. The van der Waals surface area contributed by atoms with Gasteiger partial charge in [0.2, 0.25) is 0 Å². The number of carbonyl (C=O) groups is 1. The molecule has 12 heteroatoms. The Kier molecular flexibility index (Phi) is 8.06. The van der Waals surface area contributed by atoms with E-state index in [9.17, 15) is 35.4 Å². The smallest absolute Gasteiger partial charge is 0.338 e. The Morgan fingerprint density at radius 2 is 1.74 bits per heavy atom. The minimum atomic E-state index is -1.65. The summed E-state index contributed by atoms with van der Waals surface area (Å²) in [6, 6.07) is 5.54. The number of fused-ring (bicyclic) bond motifs is 1. The van der Waals surface area contributed by atoms with E-state index in [4.69, 9.17) is 23.7 Å². The second-order valence-corrected chi connectivity index (χ2v) is 8.78. The number of aromatic hydroxyl groups is 1. The highest BCUT2D eigenvalue weighted by atomic mass is 16.8. The molecule has 3 aliphatic rings. The van der Waals surface area contributed by atoms with Crippen LogP contribution < -0.4 is 0 Å². The third kappa shape index (κ3) is 5.35. The highest BCUT2D eigenvalue weighted by molar-refractivity contribution is 5.89. The summed E-state index contributed by atoms with van der Waals surface area (Å²) in [6.45, 7) is -0.812. The second kappa shape index (κ2) is 10.9. The number of aliphatic hydroxyl groups excluding tert-OH is 5. The van der Waals surface area contributed by atoms with E-state index >= 15 is 0 Å². The first kappa shape index (κ1) is 25.9. The van der Waals surface area contributed by atoms with Gasteiger partial charge in [0.05, 0.1) is 18.3 Å². The molecule has 0 spiro atoms. The first-order chi connectivity index (χ1) is 16.7. The Labute approximate surface area is 200 Å². The molecule has 2 fully saturated rings. The third-order valence-corrected chi connectivity index (χ3v) is 6.61. The van der Waals surface area contributed by atoms with E-state index < -0.39 is 73.8 Å². The maximum atomic E-state index is 12.4. The maximum absolute atomic E-state index is 12.4. The van der Waals surface area contributed by atoms with Crippen molar-refractivity contribution in [3.05, 3.63) is 41.5 Å². The van der Waals surface area contributed by atoms with Crippen LogP contribution in [0.25, 0.3) is 0 Å². The molecule has 0 bridgehead atoms. The first-order valence-electron chi connectivity index (χ1n) is 11.2. The van der Waals surface area contributed by atoms with E-state index in [0.29, 0.717) is 12.0 Å². The van der Waals surface area contributed by atoms with Crippen LogP contribution in [0.15, 0.2) is 35.9 Å². The van der Waals surface area contributed by atoms with E-state index in [1.807, 2.05) is 0 Å². The summed E-state index contributed by atoms with van der Waals surface area (Å²) in [7, 11) is 1.42. The number of aliphatic hydroxyl groups is 5. The summed E-state index contributed by atoms with van der Waals surface area (Å²) in [4.78, 5) is 12.4. The molecule has 2 aliphatic heterocycles. The van der Waals surface area contributed by atoms with E-state index in [2.05, 4.69) is 0 Å². The van der Waals surface area contributed by atoms with Gasteiger partial charge in [0.1, 0.15) is 36.8 Å². The van der Waals surface area contributed by atoms with Gasteiger partial charge in [-0.15, -0.1) is 0 Å². The average Bonchev–Trinajstić information content (AvgIpc) is 3.18. The van der Waals surface area contributed by atoms with Crippen LogP contribution in [0.4, 0.5) is 0 Å². The molecule has 1 aromatic carbocycles. The lowest BCUT2D eigenvalue weighted by Gasteiger charge is -2.44. The quantitative estimate of drug-likeness (QED) is 0.191. The molecule has 194 valence electrons. The fourth-order valence-corrected chi connectivity index (χ4v) is 4.67. The molecule has 4 rings (SSSR count). The van der Waals surface area contributed by atoms with Crippen LogP contribution in [0.3, 0.4) is 0 Å². The third-order valence-electron chi connectivity index (χ3n) is 6.61. The second-order valence-electron chi connectivity index (χ2n) is 8.78. The Morgan fingerprint density at radius 3 is 2.40 bits per heavy atom. The summed E-state index contributed by atoms with van der Waals surface area (Å²) >= 11 is 0. The Bertz CT molecular complexity index is 902. The number of esters is 1. The zero-order valence-electron chi connectivity index (χ0n) is 18.9. The highest BCUT2D eigenvalue weighted by Gasteiger charge is 2.51. The van der Waals surface area contributed by atoms with Crippen molar-refractivity contribution in [2.45, 2.75) is 55.8 Å². The van der Waals surface area contributed by atoms with Gasteiger partial charge in [-0.2, -0.15) is 0 Å². The van der Waals surface area contributed by atoms with Gasteiger partial charge in [0.25, 0.3) is 0 Å². The number of ether oxygens (including phenoxy) is 5. The van der Waals surface area contributed by atoms with Gasteiger partial charge in [0, 0.05) is 25.4 Å². The van der Waals surface area contributed by atoms with Gasteiger partial charge in [-0.05, 0) is 29.8 Å². The predicted octanol–water partition coefficient (Wildman–Crippen LogP) is -1.38. The van der Waals surface area contributed by atoms with Crippen LogP contribution in [0.5, 0.6) is 5.75 Å².